The summed E-state index contributed by atoms with van der Waals surface area (Å²) in [5, 5.41) is 2.92. The molecule has 2 rings (SSSR count). The summed E-state index contributed by atoms with van der Waals surface area (Å²) < 4.78 is 0. The number of amides is 1. The van der Waals surface area contributed by atoms with Gasteiger partial charge in [-0.25, -0.2) is 0 Å². The average Bonchev–Trinajstić information content (AvgIpc) is 2.35. The van der Waals surface area contributed by atoms with E-state index in [1.54, 1.807) is 0 Å². The maximum Gasteiger partial charge on any atom is 0.224 e. The van der Waals surface area contributed by atoms with Crippen LogP contribution >= 0.6 is 0 Å². The third kappa shape index (κ3) is 2.58. The van der Waals surface area contributed by atoms with Crippen LogP contribution in [-0.2, 0) is 11.2 Å². The van der Waals surface area contributed by atoms with Crippen molar-refractivity contribution >= 4 is 23.0 Å². The normalized spacial score (nSPS) is 14.0. The highest BCUT2D eigenvalue weighted by molar-refractivity contribution is 5.95. The lowest BCUT2D eigenvalue weighted by Gasteiger charge is -2.25. The van der Waals surface area contributed by atoms with E-state index in [-0.39, 0.29) is 5.91 Å². The first-order valence-corrected chi connectivity index (χ1v) is 6.55. The molecule has 0 bridgehead atoms. The second-order valence-corrected chi connectivity index (χ2v) is 4.89. The largest absolute Gasteiger partial charge is 0.397 e. The standard InChI is InChI=1S/C14H21N3O/c1-3-4-7-17(2)13-9-12-10(8-11(13)15)5-6-14(18)16-12/h8-9H,3-7,15H2,1-2H3,(H,16,18). The van der Waals surface area contributed by atoms with Crippen molar-refractivity contribution < 1.29 is 4.79 Å². The Morgan fingerprint density at radius 1 is 1.39 bits per heavy atom. The Morgan fingerprint density at radius 3 is 2.89 bits per heavy atom. The first-order chi connectivity index (χ1) is 8.61. The Hall–Kier alpha value is -1.71. The molecule has 0 spiro atoms. The lowest BCUT2D eigenvalue weighted by atomic mass is 10.0. The van der Waals surface area contributed by atoms with Crippen LogP contribution in [0.1, 0.15) is 31.7 Å². The number of benzene rings is 1. The van der Waals surface area contributed by atoms with Crippen molar-refractivity contribution in [1.29, 1.82) is 0 Å². The van der Waals surface area contributed by atoms with Crippen molar-refractivity contribution in [3.8, 4) is 0 Å². The van der Waals surface area contributed by atoms with Crippen LogP contribution in [0.5, 0.6) is 0 Å². The number of nitrogens with two attached hydrogens (primary N) is 1. The highest BCUT2D eigenvalue weighted by atomic mass is 16.1. The first kappa shape index (κ1) is 12.7. The number of anilines is 3. The molecule has 1 aromatic carbocycles. The molecule has 1 aliphatic heterocycles. The molecule has 0 radical (unpaired) electrons. The fraction of sp³-hybridized carbons (Fsp3) is 0.500. The Labute approximate surface area is 108 Å². The van der Waals surface area contributed by atoms with Crippen LogP contribution in [0.25, 0.3) is 0 Å². The van der Waals surface area contributed by atoms with Gasteiger partial charge in [0.25, 0.3) is 0 Å². The van der Waals surface area contributed by atoms with Crippen molar-refractivity contribution in [2.24, 2.45) is 0 Å². The van der Waals surface area contributed by atoms with Gasteiger partial charge in [-0.15, -0.1) is 0 Å². The SMILES string of the molecule is CCCCN(C)c1cc2c(cc1N)CCC(=O)N2. The molecule has 0 unspecified atom stereocenters. The van der Waals surface area contributed by atoms with Gasteiger partial charge in [0.15, 0.2) is 0 Å². The quantitative estimate of drug-likeness (QED) is 0.803. The second kappa shape index (κ2) is 5.29. The van der Waals surface area contributed by atoms with E-state index in [1.165, 1.54) is 0 Å². The monoisotopic (exact) mass is 247 g/mol. The van der Waals surface area contributed by atoms with E-state index in [4.69, 9.17) is 5.73 Å². The zero-order valence-electron chi connectivity index (χ0n) is 11.1. The molecule has 0 atom stereocenters. The lowest BCUT2D eigenvalue weighted by molar-refractivity contribution is -0.116. The number of fused-ring (bicyclic) bond motifs is 1. The van der Waals surface area contributed by atoms with Crippen molar-refractivity contribution in [3.05, 3.63) is 17.7 Å². The summed E-state index contributed by atoms with van der Waals surface area (Å²) in [6.07, 6.45) is 3.63. The summed E-state index contributed by atoms with van der Waals surface area (Å²) in [5.41, 5.74) is 9.95. The molecule has 0 aromatic heterocycles. The van der Waals surface area contributed by atoms with E-state index in [1.807, 2.05) is 19.2 Å². The number of carbonyl (C=O) groups is 1. The Morgan fingerprint density at radius 2 is 2.17 bits per heavy atom. The van der Waals surface area contributed by atoms with Crippen molar-refractivity contribution in [2.75, 3.05) is 29.5 Å². The van der Waals surface area contributed by atoms with Crippen molar-refractivity contribution in [2.45, 2.75) is 32.6 Å². The molecular weight excluding hydrogens is 226 g/mol. The summed E-state index contributed by atoms with van der Waals surface area (Å²) in [5.74, 6) is 0.0921. The van der Waals surface area contributed by atoms with E-state index < -0.39 is 0 Å². The van der Waals surface area contributed by atoms with Crippen LogP contribution < -0.4 is 16.0 Å². The molecule has 0 saturated carbocycles. The molecule has 0 saturated heterocycles. The van der Waals surface area contributed by atoms with Gasteiger partial charge >= 0.3 is 0 Å². The number of hydrogen-bond donors (Lipinski definition) is 2. The summed E-state index contributed by atoms with van der Waals surface area (Å²) in [4.78, 5) is 13.6. The minimum atomic E-state index is 0.0921. The lowest BCUT2D eigenvalue weighted by Crippen LogP contribution is -2.23. The molecular formula is C14H21N3O. The smallest absolute Gasteiger partial charge is 0.224 e. The van der Waals surface area contributed by atoms with E-state index >= 15 is 0 Å². The van der Waals surface area contributed by atoms with E-state index in [9.17, 15) is 4.79 Å². The predicted molar refractivity (Wildman–Crippen MR) is 76.0 cm³/mol. The van der Waals surface area contributed by atoms with Crippen molar-refractivity contribution in [1.82, 2.24) is 0 Å². The van der Waals surface area contributed by atoms with Crippen LogP contribution in [0.15, 0.2) is 12.1 Å². The number of nitrogens with zero attached hydrogens (tertiary/aromatic N) is 1. The van der Waals surface area contributed by atoms with Gasteiger partial charge in [0.2, 0.25) is 5.91 Å². The maximum absolute atomic E-state index is 11.4. The highest BCUT2D eigenvalue weighted by Crippen LogP contribution is 2.32. The highest BCUT2D eigenvalue weighted by Gasteiger charge is 2.17. The maximum atomic E-state index is 11.4. The summed E-state index contributed by atoms with van der Waals surface area (Å²) in [6, 6.07) is 3.99. The number of carbonyl (C=O) groups excluding carboxylic acids is 1. The third-order valence-electron chi connectivity index (χ3n) is 3.41. The minimum absolute atomic E-state index is 0.0921. The van der Waals surface area contributed by atoms with Gasteiger partial charge in [0.05, 0.1) is 11.4 Å². The fourth-order valence-electron chi connectivity index (χ4n) is 2.28. The zero-order chi connectivity index (χ0) is 13.1. The number of nitrogen functional groups attached to an aromatic ring is 1. The topological polar surface area (TPSA) is 58.4 Å². The molecule has 0 fully saturated rings. The van der Waals surface area contributed by atoms with Gasteiger partial charge < -0.3 is 16.0 Å². The second-order valence-electron chi connectivity index (χ2n) is 4.89. The number of unbranched alkanes of at least 4 members (excludes halogenated alkanes) is 1. The van der Waals surface area contributed by atoms with Gasteiger partial charge in [-0.3, -0.25) is 4.79 Å². The van der Waals surface area contributed by atoms with E-state index in [0.29, 0.717) is 6.42 Å². The fourth-order valence-corrected chi connectivity index (χ4v) is 2.28. The molecule has 3 N–H and O–H groups in total. The molecule has 1 aromatic rings. The molecule has 4 nitrogen and oxygen atoms in total. The van der Waals surface area contributed by atoms with Crippen molar-refractivity contribution in [3.63, 3.8) is 0 Å². The number of nitrogens with one attached hydrogen (secondary N) is 1. The molecule has 1 aliphatic rings. The summed E-state index contributed by atoms with van der Waals surface area (Å²) in [7, 11) is 2.04. The molecule has 98 valence electrons. The molecule has 18 heavy (non-hydrogen) atoms. The van der Waals surface area contributed by atoms with Crippen LogP contribution in [0.3, 0.4) is 0 Å². The number of aryl methyl sites for hydroxylation is 1. The summed E-state index contributed by atoms with van der Waals surface area (Å²) >= 11 is 0. The average molecular weight is 247 g/mol. The Balaban J connectivity index is 2.26. The summed E-state index contributed by atoms with van der Waals surface area (Å²) in [6.45, 7) is 3.15. The van der Waals surface area contributed by atoms with Crippen LogP contribution in [0, 0.1) is 0 Å². The van der Waals surface area contributed by atoms with Gasteiger partial charge in [-0.2, -0.15) is 0 Å². The van der Waals surface area contributed by atoms with Gasteiger partial charge in [0.1, 0.15) is 0 Å². The van der Waals surface area contributed by atoms with Gasteiger partial charge in [0, 0.05) is 25.7 Å². The van der Waals surface area contributed by atoms with Gasteiger partial charge in [-0.1, -0.05) is 13.3 Å². The van der Waals surface area contributed by atoms with Crippen LogP contribution in [0.4, 0.5) is 17.1 Å². The molecule has 1 heterocycles. The predicted octanol–water partition coefficient (Wildman–Crippen LogP) is 2.39. The molecule has 4 heteroatoms. The van der Waals surface area contributed by atoms with E-state index in [2.05, 4.69) is 17.1 Å². The minimum Gasteiger partial charge on any atom is -0.397 e. The first-order valence-electron chi connectivity index (χ1n) is 6.55. The van der Waals surface area contributed by atoms with E-state index in [0.717, 1.165) is 48.4 Å². The van der Waals surface area contributed by atoms with Gasteiger partial charge in [-0.05, 0) is 30.5 Å². The third-order valence-corrected chi connectivity index (χ3v) is 3.41. The Bertz CT molecular complexity index is 457. The molecule has 1 amide bonds. The van der Waals surface area contributed by atoms with Crippen LogP contribution in [0.2, 0.25) is 0 Å². The number of rotatable bonds is 4. The number of hydrogen-bond acceptors (Lipinski definition) is 3. The Kier molecular flexibility index (Phi) is 3.75. The van der Waals surface area contributed by atoms with Crippen LogP contribution in [-0.4, -0.2) is 19.5 Å². The zero-order valence-corrected chi connectivity index (χ0v) is 11.1. The molecule has 0 aliphatic carbocycles.